The normalized spacial score (nSPS) is 11.6. The van der Waals surface area contributed by atoms with Gasteiger partial charge in [-0.05, 0) is 67.9 Å². The van der Waals surface area contributed by atoms with E-state index in [2.05, 4.69) is 10.2 Å². The molecule has 0 amide bonds. The van der Waals surface area contributed by atoms with E-state index in [0.717, 1.165) is 11.3 Å². The van der Waals surface area contributed by atoms with Crippen LogP contribution in [-0.2, 0) is 16.8 Å². The molecule has 10 heteroatoms. The van der Waals surface area contributed by atoms with Crippen molar-refractivity contribution in [3.63, 3.8) is 0 Å². The smallest absolute Gasteiger partial charge is 0.195 e. The SMILES string of the molecule is COc1ccc(C(C)(C)c2nnc(SCCOCc3c(F)cccc3Cl)n2-c2ccc(F)cc2)cc1OC. The van der Waals surface area contributed by atoms with Crippen molar-refractivity contribution < 1.29 is 23.0 Å². The lowest BCUT2D eigenvalue weighted by Crippen LogP contribution is -2.24. The first-order chi connectivity index (χ1) is 18.3. The summed E-state index contributed by atoms with van der Waals surface area (Å²) in [6.45, 7) is 4.47. The van der Waals surface area contributed by atoms with E-state index >= 15 is 0 Å². The molecule has 0 unspecified atom stereocenters. The highest BCUT2D eigenvalue weighted by molar-refractivity contribution is 7.99. The van der Waals surface area contributed by atoms with Gasteiger partial charge in [0.15, 0.2) is 16.7 Å². The number of methoxy groups -OCH3 is 2. The summed E-state index contributed by atoms with van der Waals surface area (Å²) >= 11 is 7.52. The van der Waals surface area contributed by atoms with Crippen LogP contribution in [0.15, 0.2) is 65.8 Å². The maximum absolute atomic E-state index is 14.0. The molecule has 0 saturated heterocycles. The van der Waals surface area contributed by atoms with Crippen LogP contribution in [0, 0.1) is 11.6 Å². The fraction of sp³-hybridized carbons (Fsp3) is 0.286. The first-order valence-corrected chi connectivity index (χ1v) is 13.2. The maximum atomic E-state index is 14.0. The summed E-state index contributed by atoms with van der Waals surface area (Å²) in [6, 6.07) is 16.4. The molecule has 0 fully saturated rings. The largest absolute Gasteiger partial charge is 0.493 e. The van der Waals surface area contributed by atoms with Crippen molar-refractivity contribution in [1.29, 1.82) is 0 Å². The zero-order chi connectivity index (χ0) is 27.3. The first kappa shape index (κ1) is 27.9. The lowest BCUT2D eigenvalue weighted by Gasteiger charge is -2.26. The van der Waals surface area contributed by atoms with Gasteiger partial charge in [-0.15, -0.1) is 10.2 Å². The highest BCUT2D eigenvalue weighted by Gasteiger charge is 2.32. The molecular weight excluding hydrogens is 532 g/mol. The van der Waals surface area contributed by atoms with Crippen molar-refractivity contribution >= 4 is 23.4 Å². The molecule has 0 aliphatic carbocycles. The van der Waals surface area contributed by atoms with Gasteiger partial charge in [0.1, 0.15) is 17.5 Å². The molecule has 0 saturated carbocycles. The molecule has 1 aromatic heterocycles. The number of hydrogen-bond donors (Lipinski definition) is 0. The third-order valence-corrected chi connectivity index (χ3v) is 7.40. The molecule has 0 N–H and O–H groups in total. The molecule has 6 nitrogen and oxygen atoms in total. The molecule has 0 aliphatic rings. The van der Waals surface area contributed by atoms with Crippen LogP contribution in [0.4, 0.5) is 8.78 Å². The molecule has 1 heterocycles. The average molecular weight is 560 g/mol. The summed E-state index contributed by atoms with van der Waals surface area (Å²) in [4.78, 5) is 0. The van der Waals surface area contributed by atoms with Crippen LogP contribution in [0.2, 0.25) is 5.02 Å². The fourth-order valence-electron chi connectivity index (χ4n) is 3.98. The van der Waals surface area contributed by atoms with Crippen LogP contribution < -0.4 is 9.47 Å². The molecule has 3 aromatic carbocycles. The predicted octanol–water partition coefficient (Wildman–Crippen LogP) is 6.85. The Morgan fingerprint density at radius 1 is 0.947 bits per heavy atom. The standard InChI is InChI=1S/C28H28ClF2N3O3S/c1-28(2,18-8-13-24(35-3)25(16-18)36-4)26-32-33-27(34(26)20-11-9-19(30)10-12-20)38-15-14-37-17-21-22(29)6-5-7-23(21)31/h5-13,16H,14-15,17H2,1-4H3. The minimum Gasteiger partial charge on any atom is -0.493 e. The molecular formula is C28H28ClF2N3O3S. The number of ether oxygens (including phenoxy) is 3. The number of rotatable bonds is 11. The quantitative estimate of drug-likeness (QED) is 0.148. The number of benzene rings is 3. The van der Waals surface area contributed by atoms with Gasteiger partial charge < -0.3 is 14.2 Å². The topological polar surface area (TPSA) is 58.4 Å². The van der Waals surface area contributed by atoms with Crippen LogP contribution in [-0.4, -0.2) is 41.3 Å². The van der Waals surface area contributed by atoms with E-state index in [-0.39, 0.29) is 12.4 Å². The summed E-state index contributed by atoms with van der Waals surface area (Å²) in [5, 5.41) is 9.95. The van der Waals surface area contributed by atoms with Gasteiger partial charge >= 0.3 is 0 Å². The Morgan fingerprint density at radius 3 is 2.37 bits per heavy atom. The zero-order valence-corrected chi connectivity index (χ0v) is 23.1. The molecule has 38 heavy (non-hydrogen) atoms. The summed E-state index contributed by atoms with van der Waals surface area (Å²) in [6.07, 6.45) is 0. The third kappa shape index (κ3) is 5.95. The van der Waals surface area contributed by atoms with Crippen LogP contribution >= 0.6 is 23.4 Å². The van der Waals surface area contributed by atoms with Crippen molar-refractivity contribution in [2.24, 2.45) is 0 Å². The van der Waals surface area contributed by atoms with E-state index in [0.29, 0.717) is 45.4 Å². The van der Waals surface area contributed by atoms with Gasteiger partial charge in [0.25, 0.3) is 0 Å². The lowest BCUT2D eigenvalue weighted by atomic mass is 9.83. The Labute approximate surface area is 229 Å². The van der Waals surface area contributed by atoms with E-state index in [4.69, 9.17) is 25.8 Å². The van der Waals surface area contributed by atoms with Crippen LogP contribution in [0.1, 0.15) is 30.8 Å². The number of nitrogens with zero attached hydrogens (tertiary/aromatic N) is 3. The van der Waals surface area contributed by atoms with Gasteiger partial charge in [-0.25, -0.2) is 8.78 Å². The molecule has 0 aliphatic heterocycles. The summed E-state index contributed by atoms with van der Waals surface area (Å²) < 4.78 is 46.2. The highest BCUT2D eigenvalue weighted by atomic mass is 35.5. The van der Waals surface area contributed by atoms with Gasteiger partial charge in [0, 0.05) is 22.0 Å². The highest BCUT2D eigenvalue weighted by Crippen LogP contribution is 2.38. The molecule has 4 rings (SSSR count). The van der Waals surface area contributed by atoms with Crippen LogP contribution in [0.3, 0.4) is 0 Å². The number of halogens is 3. The lowest BCUT2D eigenvalue weighted by molar-refractivity contribution is 0.134. The third-order valence-electron chi connectivity index (χ3n) is 6.15. The number of thioether (sulfide) groups is 1. The Balaban J connectivity index is 1.59. The second-order valence-corrected chi connectivity index (χ2v) is 10.4. The van der Waals surface area contributed by atoms with Gasteiger partial charge in [-0.3, -0.25) is 4.57 Å². The molecule has 200 valence electrons. The number of hydrogen-bond acceptors (Lipinski definition) is 6. The summed E-state index contributed by atoms with van der Waals surface area (Å²) in [7, 11) is 3.18. The van der Waals surface area contributed by atoms with Crippen molar-refractivity contribution in [2.75, 3.05) is 26.6 Å². The van der Waals surface area contributed by atoms with Crippen molar-refractivity contribution in [3.05, 3.63) is 94.3 Å². The monoisotopic (exact) mass is 559 g/mol. The number of aromatic nitrogens is 3. The minimum atomic E-state index is -0.599. The summed E-state index contributed by atoms with van der Waals surface area (Å²) in [5.41, 5.74) is 1.39. The minimum absolute atomic E-state index is 0.0638. The van der Waals surface area contributed by atoms with Crippen molar-refractivity contribution in [1.82, 2.24) is 14.8 Å². The fourth-order valence-corrected chi connectivity index (χ4v) is 5.00. The molecule has 0 atom stereocenters. The predicted molar refractivity (Wildman–Crippen MR) is 145 cm³/mol. The van der Waals surface area contributed by atoms with Crippen molar-refractivity contribution in [3.8, 4) is 17.2 Å². The van der Waals surface area contributed by atoms with Gasteiger partial charge in [-0.2, -0.15) is 0 Å². The second-order valence-electron chi connectivity index (χ2n) is 8.91. The van der Waals surface area contributed by atoms with Crippen molar-refractivity contribution in [2.45, 2.75) is 31.0 Å². The van der Waals surface area contributed by atoms with Gasteiger partial charge in [-0.1, -0.05) is 35.5 Å². The summed E-state index contributed by atoms with van der Waals surface area (Å²) in [5.74, 6) is 1.69. The Kier molecular flexibility index (Phi) is 8.91. The van der Waals surface area contributed by atoms with E-state index < -0.39 is 11.2 Å². The average Bonchev–Trinajstić information content (AvgIpc) is 3.34. The second kappa shape index (κ2) is 12.1. The maximum Gasteiger partial charge on any atom is 0.195 e. The van der Waals surface area contributed by atoms with E-state index in [1.165, 1.54) is 30.0 Å². The van der Waals surface area contributed by atoms with E-state index in [1.54, 1.807) is 38.5 Å². The van der Waals surface area contributed by atoms with E-state index in [9.17, 15) is 8.78 Å². The van der Waals surface area contributed by atoms with Gasteiger partial charge in [0.2, 0.25) is 0 Å². The molecule has 4 aromatic rings. The Hall–Kier alpha value is -3.14. The Bertz CT molecular complexity index is 1380. The zero-order valence-electron chi connectivity index (χ0n) is 21.5. The van der Waals surface area contributed by atoms with Gasteiger partial charge in [0.05, 0.1) is 32.8 Å². The molecule has 0 bridgehead atoms. The van der Waals surface area contributed by atoms with E-state index in [1.807, 2.05) is 36.6 Å². The van der Waals surface area contributed by atoms with Crippen LogP contribution in [0.25, 0.3) is 5.69 Å². The molecule has 0 radical (unpaired) electrons. The molecule has 0 spiro atoms. The Morgan fingerprint density at radius 2 is 1.68 bits per heavy atom. The first-order valence-electron chi connectivity index (χ1n) is 11.8. The van der Waals surface area contributed by atoms with Crippen LogP contribution in [0.5, 0.6) is 11.5 Å².